The number of phenols is 2. The lowest BCUT2D eigenvalue weighted by Crippen LogP contribution is -1.95. The van der Waals surface area contributed by atoms with E-state index in [0.717, 1.165) is 0 Å². The second kappa shape index (κ2) is 4.11. The normalized spacial score (nSPS) is 10.6. The molecule has 1 aromatic heterocycles. The van der Waals surface area contributed by atoms with Crippen LogP contribution < -0.4 is 5.73 Å². The lowest BCUT2D eigenvalue weighted by atomic mass is 10.2. The predicted molar refractivity (Wildman–Crippen MR) is 58.7 cm³/mol. The number of aromatic hydroxyl groups is 2. The van der Waals surface area contributed by atoms with Gasteiger partial charge in [-0.05, 0) is 28.1 Å². The molecule has 7 heteroatoms. The van der Waals surface area contributed by atoms with E-state index < -0.39 is 0 Å². The minimum absolute atomic E-state index is 0.151. The van der Waals surface area contributed by atoms with Gasteiger partial charge in [0, 0.05) is 5.56 Å². The van der Waals surface area contributed by atoms with E-state index in [-0.39, 0.29) is 18.0 Å². The van der Waals surface area contributed by atoms with Crippen LogP contribution in [-0.4, -0.2) is 20.4 Å². The fourth-order valence-electron chi connectivity index (χ4n) is 1.17. The van der Waals surface area contributed by atoms with E-state index in [1.165, 1.54) is 6.07 Å². The number of phenolic OH excluding ortho intramolecular Hbond substituents is 2. The highest BCUT2D eigenvalue weighted by atomic mass is 79.9. The smallest absolute Gasteiger partial charge is 0.240 e. The number of aromatic nitrogens is 2. The van der Waals surface area contributed by atoms with Crippen LogP contribution in [0, 0.1) is 0 Å². The molecule has 0 unspecified atom stereocenters. The molecule has 0 saturated heterocycles. The molecule has 2 aromatic rings. The third kappa shape index (κ3) is 1.86. The van der Waals surface area contributed by atoms with Crippen LogP contribution in [0.1, 0.15) is 5.89 Å². The Morgan fingerprint density at radius 2 is 2.12 bits per heavy atom. The van der Waals surface area contributed by atoms with Gasteiger partial charge in [-0.1, -0.05) is 5.16 Å². The van der Waals surface area contributed by atoms with Gasteiger partial charge < -0.3 is 20.5 Å². The fraction of sp³-hybridized carbons (Fsp3) is 0.111. The Bertz CT molecular complexity index is 503. The van der Waals surface area contributed by atoms with Crippen molar-refractivity contribution in [2.75, 3.05) is 0 Å². The molecule has 0 spiro atoms. The van der Waals surface area contributed by atoms with Gasteiger partial charge in [0.15, 0.2) is 11.5 Å². The Morgan fingerprint density at radius 1 is 1.38 bits per heavy atom. The van der Waals surface area contributed by atoms with Crippen LogP contribution in [0.25, 0.3) is 11.4 Å². The first kappa shape index (κ1) is 10.9. The predicted octanol–water partition coefficient (Wildman–Crippen LogP) is 1.37. The topological polar surface area (TPSA) is 105 Å². The summed E-state index contributed by atoms with van der Waals surface area (Å²) in [6.07, 6.45) is 0. The summed E-state index contributed by atoms with van der Waals surface area (Å²) < 4.78 is 5.18. The number of benzene rings is 1. The van der Waals surface area contributed by atoms with E-state index in [0.29, 0.717) is 21.8 Å². The Morgan fingerprint density at radius 3 is 2.69 bits per heavy atom. The third-order valence-corrected chi connectivity index (χ3v) is 2.55. The quantitative estimate of drug-likeness (QED) is 0.720. The van der Waals surface area contributed by atoms with Crippen LogP contribution in [0.2, 0.25) is 0 Å². The van der Waals surface area contributed by atoms with E-state index in [2.05, 4.69) is 26.1 Å². The Balaban J connectivity index is 2.48. The van der Waals surface area contributed by atoms with Gasteiger partial charge >= 0.3 is 0 Å². The number of halogens is 1. The summed E-state index contributed by atoms with van der Waals surface area (Å²) in [5, 5.41) is 22.5. The van der Waals surface area contributed by atoms with Gasteiger partial charge in [-0.3, -0.25) is 0 Å². The van der Waals surface area contributed by atoms with Crippen molar-refractivity contribution in [1.29, 1.82) is 0 Å². The average molecular weight is 286 g/mol. The molecule has 0 atom stereocenters. The fourth-order valence-corrected chi connectivity index (χ4v) is 1.62. The van der Waals surface area contributed by atoms with Gasteiger partial charge in [0.25, 0.3) is 0 Å². The van der Waals surface area contributed by atoms with Gasteiger partial charge in [0.05, 0.1) is 11.0 Å². The van der Waals surface area contributed by atoms with E-state index in [1.54, 1.807) is 6.07 Å². The summed E-state index contributed by atoms with van der Waals surface area (Å²) in [5.74, 6) is 0.116. The molecule has 0 amide bonds. The number of nitrogens with zero attached hydrogens (tertiary/aromatic N) is 2. The van der Waals surface area contributed by atoms with Gasteiger partial charge in [0.2, 0.25) is 11.7 Å². The van der Waals surface area contributed by atoms with Crippen molar-refractivity contribution >= 4 is 15.9 Å². The van der Waals surface area contributed by atoms with Crippen LogP contribution in [0.4, 0.5) is 0 Å². The zero-order chi connectivity index (χ0) is 11.7. The zero-order valence-electron chi connectivity index (χ0n) is 8.01. The third-order valence-electron chi connectivity index (χ3n) is 1.94. The maximum absolute atomic E-state index is 9.42. The monoisotopic (exact) mass is 285 g/mol. The first-order valence-electron chi connectivity index (χ1n) is 4.36. The van der Waals surface area contributed by atoms with Gasteiger partial charge in [-0.15, -0.1) is 0 Å². The standard InChI is InChI=1S/C9H8BrN3O3/c10-5-1-4(2-6(14)8(5)15)9-12-7(3-11)16-13-9/h1-2,14-15H,3,11H2. The molecule has 84 valence electrons. The summed E-state index contributed by atoms with van der Waals surface area (Å²) in [6, 6.07) is 2.91. The van der Waals surface area contributed by atoms with Crippen LogP contribution in [0.5, 0.6) is 11.5 Å². The number of hydrogen-bond acceptors (Lipinski definition) is 6. The van der Waals surface area contributed by atoms with E-state index in [1.807, 2.05) is 0 Å². The minimum atomic E-state index is -0.261. The highest BCUT2D eigenvalue weighted by Gasteiger charge is 2.12. The Kier molecular flexibility index (Phi) is 2.80. The molecule has 0 aliphatic rings. The molecule has 1 heterocycles. The van der Waals surface area contributed by atoms with E-state index in [4.69, 9.17) is 10.3 Å². The van der Waals surface area contributed by atoms with Crippen LogP contribution in [0.15, 0.2) is 21.1 Å². The van der Waals surface area contributed by atoms with Crippen molar-refractivity contribution in [3.63, 3.8) is 0 Å². The number of hydrogen-bond donors (Lipinski definition) is 3. The van der Waals surface area contributed by atoms with Crippen molar-refractivity contribution in [1.82, 2.24) is 10.1 Å². The van der Waals surface area contributed by atoms with Crippen molar-refractivity contribution in [2.45, 2.75) is 6.54 Å². The second-order valence-corrected chi connectivity index (χ2v) is 3.90. The van der Waals surface area contributed by atoms with Crippen molar-refractivity contribution < 1.29 is 14.7 Å². The van der Waals surface area contributed by atoms with E-state index in [9.17, 15) is 10.2 Å². The molecule has 2 rings (SSSR count). The molecule has 0 fully saturated rings. The van der Waals surface area contributed by atoms with Gasteiger partial charge in [-0.2, -0.15) is 4.98 Å². The minimum Gasteiger partial charge on any atom is -0.504 e. The summed E-state index contributed by atoms with van der Waals surface area (Å²) in [7, 11) is 0. The molecule has 0 saturated carbocycles. The average Bonchev–Trinajstić information content (AvgIpc) is 2.73. The van der Waals surface area contributed by atoms with Crippen LogP contribution >= 0.6 is 15.9 Å². The van der Waals surface area contributed by atoms with Crippen molar-refractivity contribution in [3.8, 4) is 22.9 Å². The molecule has 16 heavy (non-hydrogen) atoms. The first-order valence-corrected chi connectivity index (χ1v) is 5.15. The van der Waals surface area contributed by atoms with Crippen molar-refractivity contribution in [3.05, 3.63) is 22.5 Å². The molecule has 0 aliphatic carbocycles. The molecular weight excluding hydrogens is 278 g/mol. The maximum Gasteiger partial charge on any atom is 0.240 e. The highest BCUT2D eigenvalue weighted by Crippen LogP contribution is 2.36. The maximum atomic E-state index is 9.42. The molecule has 1 aromatic carbocycles. The van der Waals surface area contributed by atoms with E-state index >= 15 is 0 Å². The lowest BCUT2D eigenvalue weighted by Gasteiger charge is -2.02. The summed E-state index contributed by atoms with van der Waals surface area (Å²) in [5.41, 5.74) is 5.85. The number of nitrogens with two attached hydrogens (primary N) is 1. The summed E-state index contributed by atoms with van der Waals surface area (Å²) >= 11 is 3.10. The van der Waals surface area contributed by atoms with Crippen LogP contribution in [-0.2, 0) is 6.54 Å². The van der Waals surface area contributed by atoms with Gasteiger partial charge in [-0.25, -0.2) is 0 Å². The number of rotatable bonds is 2. The van der Waals surface area contributed by atoms with Gasteiger partial charge in [0.1, 0.15) is 0 Å². The molecular formula is C9H8BrN3O3. The Hall–Kier alpha value is -1.60. The first-order chi connectivity index (χ1) is 7.61. The SMILES string of the molecule is NCc1nc(-c2cc(O)c(O)c(Br)c2)no1. The summed E-state index contributed by atoms with van der Waals surface area (Å²) in [4.78, 5) is 3.99. The van der Waals surface area contributed by atoms with Crippen LogP contribution in [0.3, 0.4) is 0 Å². The zero-order valence-corrected chi connectivity index (χ0v) is 9.60. The largest absolute Gasteiger partial charge is 0.504 e. The molecule has 0 bridgehead atoms. The molecule has 6 nitrogen and oxygen atoms in total. The Labute approximate surface area is 98.8 Å². The summed E-state index contributed by atoms with van der Waals surface area (Å²) in [6.45, 7) is 0.151. The highest BCUT2D eigenvalue weighted by molar-refractivity contribution is 9.10. The lowest BCUT2D eigenvalue weighted by molar-refractivity contribution is 0.380. The molecule has 0 radical (unpaired) electrons. The second-order valence-electron chi connectivity index (χ2n) is 3.04. The molecule has 0 aliphatic heterocycles. The van der Waals surface area contributed by atoms with Crippen molar-refractivity contribution in [2.24, 2.45) is 5.73 Å². The molecule has 4 N–H and O–H groups in total.